The fourth-order valence-electron chi connectivity index (χ4n) is 2.35. The zero-order chi connectivity index (χ0) is 7.73. The van der Waals surface area contributed by atoms with Crippen LogP contribution in [0.2, 0.25) is 0 Å². The largest absolute Gasteiger partial charge is 0.359 e. The molecule has 1 N–H and O–H groups in total. The summed E-state index contributed by atoms with van der Waals surface area (Å²) >= 11 is 0. The molecule has 1 heterocycles. The third-order valence-electron chi connectivity index (χ3n) is 3.11. The van der Waals surface area contributed by atoms with Gasteiger partial charge in [-0.1, -0.05) is 12.8 Å². The van der Waals surface area contributed by atoms with Gasteiger partial charge in [0.25, 0.3) is 0 Å². The van der Waals surface area contributed by atoms with E-state index >= 15 is 0 Å². The van der Waals surface area contributed by atoms with Gasteiger partial charge in [0.2, 0.25) is 0 Å². The summed E-state index contributed by atoms with van der Waals surface area (Å²) < 4.78 is 5.71. The van der Waals surface area contributed by atoms with Crippen LogP contribution in [0.25, 0.3) is 0 Å². The second-order valence-electron chi connectivity index (χ2n) is 3.86. The Morgan fingerprint density at radius 2 is 2.00 bits per heavy atom. The molecule has 1 aliphatic carbocycles. The van der Waals surface area contributed by atoms with Crippen LogP contribution in [0.1, 0.15) is 32.6 Å². The standard InChI is InChI=1S/C9H17NO.ClH/c1-9(10-6-7-11-9)8-4-2-3-5-8;/h8,10H,2-7H2,1H3;1H. The molecule has 1 saturated carbocycles. The van der Waals surface area contributed by atoms with E-state index < -0.39 is 0 Å². The summed E-state index contributed by atoms with van der Waals surface area (Å²) in [6.07, 6.45) is 5.49. The van der Waals surface area contributed by atoms with Crippen LogP contribution >= 0.6 is 12.4 Å². The van der Waals surface area contributed by atoms with Gasteiger partial charge in [-0.25, -0.2) is 0 Å². The summed E-state index contributed by atoms with van der Waals surface area (Å²) in [5, 5.41) is 3.45. The van der Waals surface area contributed by atoms with E-state index in [1.165, 1.54) is 25.7 Å². The zero-order valence-corrected chi connectivity index (χ0v) is 8.45. The fraction of sp³-hybridized carbons (Fsp3) is 1.00. The lowest BCUT2D eigenvalue weighted by molar-refractivity contribution is -0.0408. The van der Waals surface area contributed by atoms with Gasteiger partial charge in [-0.05, 0) is 19.8 Å². The summed E-state index contributed by atoms with van der Waals surface area (Å²) in [4.78, 5) is 0. The van der Waals surface area contributed by atoms with Gasteiger partial charge in [0.05, 0.1) is 6.61 Å². The van der Waals surface area contributed by atoms with E-state index in [-0.39, 0.29) is 18.1 Å². The number of rotatable bonds is 1. The molecular formula is C9H18ClNO. The smallest absolute Gasteiger partial charge is 0.119 e. The molecule has 1 aliphatic heterocycles. The molecule has 1 atom stereocenters. The number of hydrogen-bond donors (Lipinski definition) is 1. The molecule has 2 rings (SSSR count). The highest BCUT2D eigenvalue weighted by molar-refractivity contribution is 5.85. The number of ether oxygens (including phenoxy) is 1. The highest BCUT2D eigenvalue weighted by Crippen LogP contribution is 2.35. The second kappa shape index (κ2) is 3.95. The van der Waals surface area contributed by atoms with Crippen molar-refractivity contribution in [3.63, 3.8) is 0 Å². The number of nitrogens with one attached hydrogen (secondary N) is 1. The minimum atomic E-state index is 0. The Kier molecular flexibility index (Phi) is 3.38. The van der Waals surface area contributed by atoms with Crippen molar-refractivity contribution in [3.05, 3.63) is 0 Å². The molecular weight excluding hydrogens is 174 g/mol. The van der Waals surface area contributed by atoms with Gasteiger partial charge in [-0.3, -0.25) is 5.32 Å². The predicted octanol–water partition coefficient (Wildman–Crippen LogP) is 1.93. The van der Waals surface area contributed by atoms with E-state index in [0.29, 0.717) is 0 Å². The lowest BCUT2D eigenvalue weighted by Crippen LogP contribution is -2.44. The van der Waals surface area contributed by atoms with Crippen molar-refractivity contribution in [1.82, 2.24) is 5.32 Å². The first-order chi connectivity index (χ1) is 5.31. The highest BCUT2D eigenvalue weighted by Gasteiger charge is 2.39. The fourth-order valence-corrected chi connectivity index (χ4v) is 2.35. The first-order valence-corrected chi connectivity index (χ1v) is 4.70. The maximum Gasteiger partial charge on any atom is 0.119 e. The van der Waals surface area contributed by atoms with Crippen LogP contribution in [0.4, 0.5) is 0 Å². The van der Waals surface area contributed by atoms with Gasteiger partial charge in [0.1, 0.15) is 5.72 Å². The van der Waals surface area contributed by atoms with Gasteiger partial charge in [-0.2, -0.15) is 0 Å². The van der Waals surface area contributed by atoms with Crippen molar-refractivity contribution in [3.8, 4) is 0 Å². The van der Waals surface area contributed by atoms with E-state index in [0.717, 1.165) is 19.1 Å². The van der Waals surface area contributed by atoms with Crippen LogP contribution in [0.5, 0.6) is 0 Å². The summed E-state index contributed by atoms with van der Waals surface area (Å²) in [7, 11) is 0. The first-order valence-electron chi connectivity index (χ1n) is 4.70. The Hall–Kier alpha value is 0.210. The van der Waals surface area contributed by atoms with Crippen molar-refractivity contribution in [2.75, 3.05) is 13.2 Å². The molecule has 0 radical (unpaired) electrons. The monoisotopic (exact) mass is 191 g/mol. The Labute approximate surface area is 80.5 Å². The normalized spacial score (nSPS) is 36.8. The van der Waals surface area contributed by atoms with Gasteiger partial charge < -0.3 is 4.74 Å². The highest BCUT2D eigenvalue weighted by atomic mass is 35.5. The molecule has 0 bridgehead atoms. The molecule has 2 aliphatic rings. The van der Waals surface area contributed by atoms with Gasteiger partial charge in [0, 0.05) is 12.5 Å². The minimum Gasteiger partial charge on any atom is -0.359 e. The summed E-state index contributed by atoms with van der Waals surface area (Å²) in [5.41, 5.74) is 0.0243. The van der Waals surface area contributed by atoms with Crippen LogP contribution in [-0.2, 0) is 4.74 Å². The van der Waals surface area contributed by atoms with Crippen LogP contribution in [-0.4, -0.2) is 18.9 Å². The predicted molar refractivity (Wildman–Crippen MR) is 51.6 cm³/mol. The molecule has 1 saturated heterocycles. The topological polar surface area (TPSA) is 21.3 Å². The van der Waals surface area contributed by atoms with E-state index in [2.05, 4.69) is 12.2 Å². The van der Waals surface area contributed by atoms with Crippen LogP contribution < -0.4 is 5.32 Å². The van der Waals surface area contributed by atoms with E-state index in [4.69, 9.17) is 4.74 Å². The Balaban J connectivity index is 0.000000720. The van der Waals surface area contributed by atoms with E-state index in [1.54, 1.807) is 0 Å². The molecule has 3 heteroatoms. The molecule has 72 valence electrons. The molecule has 2 nitrogen and oxygen atoms in total. The number of hydrogen-bond acceptors (Lipinski definition) is 2. The molecule has 0 spiro atoms. The molecule has 1 unspecified atom stereocenters. The minimum absolute atomic E-state index is 0. The summed E-state index contributed by atoms with van der Waals surface area (Å²) in [5.74, 6) is 0.769. The zero-order valence-electron chi connectivity index (χ0n) is 7.64. The average Bonchev–Trinajstić information content (AvgIpc) is 2.55. The Morgan fingerprint density at radius 3 is 2.50 bits per heavy atom. The van der Waals surface area contributed by atoms with E-state index in [9.17, 15) is 0 Å². The second-order valence-corrected chi connectivity index (χ2v) is 3.86. The van der Waals surface area contributed by atoms with Crippen molar-refractivity contribution < 1.29 is 4.74 Å². The van der Waals surface area contributed by atoms with Crippen molar-refractivity contribution in [2.24, 2.45) is 5.92 Å². The third kappa shape index (κ3) is 1.76. The lowest BCUT2D eigenvalue weighted by Gasteiger charge is -2.30. The molecule has 0 aromatic heterocycles. The molecule has 0 aromatic carbocycles. The van der Waals surface area contributed by atoms with Crippen molar-refractivity contribution in [1.29, 1.82) is 0 Å². The van der Waals surface area contributed by atoms with Gasteiger partial charge >= 0.3 is 0 Å². The molecule has 12 heavy (non-hydrogen) atoms. The van der Waals surface area contributed by atoms with Gasteiger partial charge in [-0.15, -0.1) is 12.4 Å². The SMILES string of the molecule is CC1(C2CCCC2)NCCO1.Cl. The quantitative estimate of drug-likeness (QED) is 0.684. The molecule has 0 amide bonds. The van der Waals surface area contributed by atoms with Crippen molar-refractivity contribution in [2.45, 2.75) is 38.3 Å². The van der Waals surface area contributed by atoms with Crippen LogP contribution in [0, 0.1) is 5.92 Å². The van der Waals surface area contributed by atoms with Crippen LogP contribution in [0.15, 0.2) is 0 Å². The maximum atomic E-state index is 5.71. The number of halogens is 1. The van der Waals surface area contributed by atoms with E-state index in [1.807, 2.05) is 0 Å². The van der Waals surface area contributed by atoms with Crippen molar-refractivity contribution >= 4 is 12.4 Å². The average molecular weight is 192 g/mol. The first kappa shape index (κ1) is 10.3. The Bertz CT molecular complexity index is 139. The molecule has 2 fully saturated rings. The molecule has 0 aromatic rings. The maximum absolute atomic E-state index is 5.71. The third-order valence-corrected chi connectivity index (χ3v) is 3.11. The lowest BCUT2D eigenvalue weighted by atomic mass is 9.96. The van der Waals surface area contributed by atoms with Gasteiger partial charge in [0.15, 0.2) is 0 Å². The summed E-state index contributed by atoms with van der Waals surface area (Å²) in [6, 6.07) is 0. The van der Waals surface area contributed by atoms with Crippen LogP contribution in [0.3, 0.4) is 0 Å². The Morgan fingerprint density at radius 1 is 1.33 bits per heavy atom. The summed E-state index contributed by atoms with van der Waals surface area (Å²) in [6.45, 7) is 4.13.